The summed E-state index contributed by atoms with van der Waals surface area (Å²) in [4.78, 5) is 31.4. The molecule has 1 aromatic heterocycles. The first-order valence-electron chi connectivity index (χ1n) is 6.59. The van der Waals surface area contributed by atoms with E-state index >= 15 is 0 Å². The zero-order valence-electron chi connectivity index (χ0n) is 11.7. The van der Waals surface area contributed by atoms with Crippen LogP contribution in [0.25, 0.3) is 10.9 Å². The summed E-state index contributed by atoms with van der Waals surface area (Å²) in [5.41, 5.74) is 1.09. The fourth-order valence-electron chi connectivity index (χ4n) is 2.25. The van der Waals surface area contributed by atoms with E-state index in [0.29, 0.717) is 22.3 Å². The number of hydrogen-bond donors (Lipinski definition) is 0. The molecule has 0 atom stereocenters. The Kier molecular flexibility index (Phi) is 3.34. The SMILES string of the molecule is Cc1nc(C(=O)c2ccccc2)c2ccc([N+](=O)[O-])cc2n1. The summed E-state index contributed by atoms with van der Waals surface area (Å²) < 4.78 is 0. The Morgan fingerprint density at radius 2 is 1.82 bits per heavy atom. The number of aromatic nitrogens is 2. The zero-order valence-corrected chi connectivity index (χ0v) is 11.7. The summed E-state index contributed by atoms with van der Waals surface area (Å²) in [7, 11) is 0. The zero-order chi connectivity index (χ0) is 15.7. The number of benzene rings is 2. The predicted octanol–water partition coefficient (Wildman–Crippen LogP) is 3.08. The van der Waals surface area contributed by atoms with Gasteiger partial charge in [-0.1, -0.05) is 30.3 Å². The van der Waals surface area contributed by atoms with Crippen molar-refractivity contribution < 1.29 is 9.72 Å². The van der Waals surface area contributed by atoms with Crippen molar-refractivity contribution in [1.29, 1.82) is 0 Å². The first-order chi connectivity index (χ1) is 10.6. The van der Waals surface area contributed by atoms with Crippen molar-refractivity contribution >= 4 is 22.4 Å². The molecule has 0 fully saturated rings. The van der Waals surface area contributed by atoms with Crippen LogP contribution in [0.1, 0.15) is 21.9 Å². The Balaban J connectivity index is 2.21. The van der Waals surface area contributed by atoms with Crippen molar-refractivity contribution in [2.45, 2.75) is 6.92 Å². The molecule has 0 aliphatic heterocycles. The molecule has 0 unspecified atom stereocenters. The van der Waals surface area contributed by atoms with E-state index < -0.39 is 4.92 Å². The molecule has 0 radical (unpaired) electrons. The van der Waals surface area contributed by atoms with Gasteiger partial charge in [0.25, 0.3) is 5.69 Å². The number of carbonyl (C=O) groups excluding carboxylic acids is 1. The van der Waals surface area contributed by atoms with Crippen LogP contribution >= 0.6 is 0 Å². The summed E-state index contributed by atoms with van der Waals surface area (Å²) in [5.74, 6) is 0.164. The third-order valence-electron chi connectivity index (χ3n) is 3.25. The van der Waals surface area contributed by atoms with Crippen LogP contribution in [0.4, 0.5) is 5.69 Å². The number of nitro benzene ring substituents is 1. The predicted molar refractivity (Wildman–Crippen MR) is 80.8 cm³/mol. The molecule has 0 saturated heterocycles. The highest BCUT2D eigenvalue weighted by atomic mass is 16.6. The Labute approximate surface area is 125 Å². The van der Waals surface area contributed by atoms with Crippen molar-refractivity contribution in [3.63, 3.8) is 0 Å². The fraction of sp³-hybridized carbons (Fsp3) is 0.0625. The van der Waals surface area contributed by atoms with Gasteiger partial charge in [0.05, 0.1) is 10.4 Å². The molecular weight excluding hydrogens is 282 g/mol. The average Bonchev–Trinajstić information content (AvgIpc) is 2.53. The normalized spacial score (nSPS) is 10.6. The smallest absolute Gasteiger partial charge is 0.271 e. The highest BCUT2D eigenvalue weighted by molar-refractivity contribution is 6.14. The number of rotatable bonds is 3. The molecule has 0 amide bonds. The minimum atomic E-state index is -0.491. The Morgan fingerprint density at radius 3 is 2.50 bits per heavy atom. The molecule has 108 valence electrons. The van der Waals surface area contributed by atoms with Crippen molar-refractivity contribution in [2.24, 2.45) is 0 Å². The van der Waals surface area contributed by atoms with Gasteiger partial charge in [0.2, 0.25) is 5.78 Å². The maximum atomic E-state index is 12.6. The molecule has 6 nitrogen and oxygen atoms in total. The Bertz CT molecular complexity index is 892. The number of fused-ring (bicyclic) bond motifs is 1. The van der Waals surface area contributed by atoms with Crippen LogP contribution < -0.4 is 0 Å². The van der Waals surface area contributed by atoms with Gasteiger partial charge in [-0.15, -0.1) is 0 Å². The number of nitrogens with zero attached hydrogens (tertiary/aromatic N) is 3. The molecular formula is C16H11N3O3. The Morgan fingerprint density at radius 1 is 1.09 bits per heavy atom. The largest absolute Gasteiger partial charge is 0.287 e. The second-order valence-electron chi connectivity index (χ2n) is 4.77. The van der Waals surface area contributed by atoms with E-state index in [9.17, 15) is 14.9 Å². The van der Waals surface area contributed by atoms with Gasteiger partial charge in [-0.05, 0) is 13.0 Å². The molecule has 0 saturated carbocycles. The number of carbonyl (C=O) groups is 1. The second-order valence-corrected chi connectivity index (χ2v) is 4.77. The Hall–Kier alpha value is -3.15. The van der Waals surface area contributed by atoms with Gasteiger partial charge in [-0.3, -0.25) is 14.9 Å². The molecule has 0 aliphatic rings. The van der Waals surface area contributed by atoms with Crippen LogP contribution in [0.15, 0.2) is 48.5 Å². The van der Waals surface area contributed by atoms with Gasteiger partial charge >= 0.3 is 0 Å². The van der Waals surface area contributed by atoms with Gasteiger partial charge < -0.3 is 0 Å². The lowest BCUT2D eigenvalue weighted by molar-refractivity contribution is -0.384. The maximum absolute atomic E-state index is 12.6. The number of hydrogen-bond acceptors (Lipinski definition) is 5. The average molecular weight is 293 g/mol. The minimum absolute atomic E-state index is 0.0660. The summed E-state index contributed by atoms with van der Waals surface area (Å²) in [6.45, 7) is 1.65. The van der Waals surface area contributed by atoms with Crippen LogP contribution in [-0.2, 0) is 0 Å². The van der Waals surface area contributed by atoms with Gasteiger partial charge in [0.15, 0.2) is 0 Å². The van der Waals surface area contributed by atoms with E-state index in [1.54, 1.807) is 31.2 Å². The number of aryl methyl sites for hydroxylation is 1. The second kappa shape index (κ2) is 5.33. The fourth-order valence-corrected chi connectivity index (χ4v) is 2.25. The molecule has 2 aromatic carbocycles. The van der Waals surface area contributed by atoms with Crippen LogP contribution in [0.5, 0.6) is 0 Å². The summed E-state index contributed by atoms with van der Waals surface area (Å²) in [6, 6.07) is 13.0. The summed E-state index contributed by atoms with van der Waals surface area (Å²) in [5, 5.41) is 11.4. The van der Waals surface area contributed by atoms with E-state index in [1.165, 1.54) is 18.2 Å². The molecule has 0 spiro atoms. The lowest BCUT2D eigenvalue weighted by atomic mass is 10.0. The molecule has 0 bridgehead atoms. The van der Waals surface area contributed by atoms with Crippen LogP contribution in [0, 0.1) is 17.0 Å². The van der Waals surface area contributed by atoms with E-state index in [-0.39, 0.29) is 17.2 Å². The first-order valence-corrected chi connectivity index (χ1v) is 6.59. The third kappa shape index (κ3) is 2.42. The molecule has 22 heavy (non-hydrogen) atoms. The van der Waals surface area contributed by atoms with Crippen molar-refractivity contribution in [2.75, 3.05) is 0 Å². The van der Waals surface area contributed by atoms with Gasteiger partial charge in [-0.25, -0.2) is 9.97 Å². The van der Waals surface area contributed by atoms with Crippen molar-refractivity contribution in [3.8, 4) is 0 Å². The maximum Gasteiger partial charge on any atom is 0.271 e. The minimum Gasteiger partial charge on any atom is -0.287 e. The molecule has 0 aliphatic carbocycles. The number of non-ortho nitro benzene ring substituents is 1. The van der Waals surface area contributed by atoms with E-state index in [1.807, 2.05) is 6.07 Å². The van der Waals surface area contributed by atoms with E-state index in [0.717, 1.165) is 0 Å². The highest BCUT2D eigenvalue weighted by Gasteiger charge is 2.17. The molecule has 6 heteroatoms. The van der Waals surface area contributed by atoms with Crippen LogP contribution in [0.3, 0.4) is 0 Å². The lowest BCUT2D eigenvalue weighted by Crippen LogP contribution is -2.07. The standard InChI is InChI=1S/C16H11N3O3/c1-10-17-14-9-12(19(21)22)7-8-13(14)15(18-10)16(20)11-5-3-2-4-6-11/h2-9H,1H3. The molecule has 3 aromatic rings. The highest BCUT2D eigenvalue weighted by Crippen LogP contribution is 2.23. The monoisotopic (exact) mass is 293 g/mol. The van der Waals surface area contributed by atoms with Crippen molar-refractivity contribution in [1.82, 2.24) is 9.97 Å². The lowest BCUT2D eigenvalue weighted by Gasteiger charge is -2.06. The molecule has 0 N–H and O–H groups in total. The molecule has 3 rings (SSSR count). The quantitative estimate of drug-likeness (QED) is 0.421. The summed E-state index contributed by atoms with van der Waals surface area (Å²) >= 11 is 0. The summed E-state index contributed by atoms with van der Waals surface area (Å²) in [6.07, 6.45) is 0. The number of nitro groups is 1. The first kappa shape index (κ1) is 13.8. The third-order valence-corrected chi connectivity index (χ3v) is 3.25. The van der Waals surface area contributed by atoms with E-state index in [2.05, 4.69) is 9.97 Å². The van der Waals surface area contributed by atoms with Crippen molar-refractivity contribution in [3.05, 3.63) is 75.7 Å². The van der Waals surface area contributed by atoms with Gasteiger partial charge in [0, 0.05) is 23.1 Å². The van der Waals surface area contributed by atoms with Crippen LogP contribution in [-0.4, -0.2) is 20.7 Å². The van der Waals surface area contributed by atoms with Gasteiger partial charge in [0.1, 0.15) is 11.5 Å². The topological polar surface area (TPSA) is 86.0 Å². The van der Waals surface area contributed by atoms with E-state index in [4.69, 9.17) is 0 Å². The number of ketones is 1. The van der Waals surface area contributed by atoms with Crippen LogP contribution in [0.2, 0.25) is 0 Å². The van der Waals surface area contributed by atoms with Gasteiger partial charge in [-0.2, -0.15) is 0 Å². The molecule has 1 heterocycles.